The molecule has 0 bridgehead atoms. The molecule has 0 aliphatic heterocycles. The molecule has 2 rings (SSSR count). The molecule has 1 heterocycles. The highest BCUT2D eigenvalue weighted by Gasteiger charge is 2.33. The summed E-state index contributed by atoms with van der Waals surface area (Å²) in [6.07, 6.45) is 2.76. The maximum absolute atomic E-state index is 3.63. The lowest BCUT2D eigenvalue weighted by atomic mass is 9.73. The van der Waals surface area contributed by atoms with Crippen LogP contribution in [0.1, 0.15) is 30.6 Å². The van der Waals surface area contributed by atoms with Crippen molar-refractivity contribution in [1.82, 2.24) is 5.32 Å². The van der Waals surface area contributed by atoms with Crippen molar-refractivity contribution >= 4 is 27.3 Å². The molecule has 0 spiro atoms. The lowest BCUT2D eigenvalue weighted by molar-refractivity contribution is 0.250. The van der Waals surface area contributed by atoms with Crippen molar-refractivity contribution in [1.29, 1.82) is 0 Å². The fourth-order valence-electron chi connectivity index (χ4n) is 2.06. The van der Waals surface area contributed by atoms with Crippen LogP contribution in [0.5, 0.6) is 0 Å². The van der Waals surface area contributed by atoms with E-state index in [-0.39, 0.29) is 0 Å². The summed E-state index contributed by atoms with van der Waals surface area (Å²) >= 11 is 5.52. The zero-order valence-electron chi connectivity index (χ0n) is 8.42. The van der Waals surface area contributed by atoms with Gasteiger partial charge in [0.15, 0.2) is 0 Å². The Hall–Kier alpha value is 0.140. The van der Waals surface area contributed by atoms with Gasteiger partial charge in [0, 0.05) is 9.35 Å². The minimum atomic E-state index is 0.809. The molecule has 1 aromatic heterocycles. The molecule has 1 aliphatic carbocycles. The van der Waals surface area contributed by atoms with E-state index in [1.54, 1.807) is 4.88 Å². The fourth-order valence-corrected chi connectivity index (χ4v) is 3.96. The van der Waals surface area contributed by atoms with Crippen molar-refractivity contribution in [3.8, 4) is 0 Å². The van der Waals surface area contributed by atoms with Crippen molar-refractivity contribution < 1.29 is 0 Å². The number of thiophene rings is 1. The van der Waals surface area contributed by atoms with Gasteiger partial charge in [-0.25, -0.2) is 0 Å². The largest absolute Gasteiger partial charge is 0.317 e. The summed E-state index contributed by atoms with van der Waals surface area (Å²) in [5.74, 6) is 1.67. The van der Waals surface area contributed by atoms with Crippen LogP contribution >= 0.6 is 27.3 Å². The first kappa shape index (κ1) is 10.7. The van der Waals surface area contributed by atoms with Gasteiger partial charge >= 0.3 is 0 Å². The summed E-state index contributed by atoms with van der Waals surface area (Å²) in [5, 5.41) is 5.63. The monoisotopic (exact) mass is 273 g/mol. The number of hydrogen-bond donors (Lipinski definition) is 1. The molecule has 2 unspecified atom stereocenters. The Labute approximate surface area is 98.0 Å². The maximum Gasteiger partial charge on any atom is 0.0317 e. The average Bonchev–Trinajstić information content (AvgIpc) is 2.51. The number of rotatable bonds is 4. The first-order chi connectivity index (χ1) is 6.83. The predicted molar refractivity (Wildman–Crippen MR) is 66.0 cm³/mol. The van der Waals surface area contributed by atoms with Crippen molar-refractivity contribution in [3.05, 3.63) is 20.8 Å². The molecule has 1 aromatic rings. The van der Waals surface area contributed by atoms with Gasteiger partial charge in [0.25, 0.3) is 0 Å². The van der Waals surface area contributed by atoms with E-state index in [2.05, 4.69) is 39.6 Å². The standard InChI is InChI=1S/C11H16BrNS/c1-2-13-7-8-3-4-9(8)11-10(12)5-6-14-11/h5-6,8-9,13H,2-4,7H2,1H3. The second-order valence-corrected chi connectivity index (χ2v) is 5.69. The number of halogens is 1. The molecule has 0 amide bonds. The molecule has 0 saturated heterocycles. The molecule has 1 N–H and O–H groups in total. The quantitative estimate of drug-likeness (QED) is 0.884. The Balaban J connectivity index is 1.96. The molecule has 1 fully saturated rings. The normalized spacial score (nSPS) is 26.1. The zero-order chi connectivity index (χ0) is 9.97. The van der Waals surface area contributed by atoms with Crippen LogP contribution in [-0.2, 0) is 0 Å². The van der Waals surface area contributed by atoms with E-state index >= 15 is 0 Å². The Kier molecular flexibility index (Phi) is 3.63. The summed E-state index contributed by atoms with van der Waals surface area (Å²) in [7, 11) is 0. The van der Waals surface area contributed by atoms with Gasteiger partial charge in [-0.2, -0.15) is 0 Å². The van der Waals surface area contributed by atoms with Crippen molar-refractivity contribution in [2.75, 3.05) is 13.1 Å². The Morgan fingerprint density at radius 1 is 1.57 bits per heavy atom. The van der Waals surface area contributed by atoms with Gasteiger partial charge in [0.05, 0.1) is 0 Å². The third kappa shape index (κ3) is 2.05. The van der Waals surface area contributed by atoms with Crippen LogP contribution in [0.3, 0.4) is 0 Å². The van der Waals surface area contributed by atoms with Gasteiger partial charge in [-0.1, -0.05) is 6.92 Å². The highest BCUT2D eigenvalue weighted by Crippen LogP contribution is 2.46. The van der Waals surface area contributed by atoms with E-state index in [1.807, 2.05) is 11.3 Å². The zero-order valence-corrected chi connectivity index (χ0v) is 10.8. The van der Waals surface area contributed by atoms with E-state index in [4.69, 9.17) is 0 Å². The summed E-state index contributed by atoms with van der Waals surface area (Å²) < 4.78 is 1.31. The second-order valence-electron chi connectivity index (χ2n) is 3.88. The molecule has 78 valence electrons. The predicted octanol–water partition coefficient (Wildman–Crippen LogP) is 3.61. The topological polar surface area (TPSA) is 12.0 Å². The van der Waals surface area contributed by atoms with E-state index in [0.29, 0.717) is 0 Å². The molecule has 1 saturated carbocycles. The lowest BCUT2D eigenvalue weighted by Crippen LogP contribution is -2.33. The highest BCUT2D eigenvalue weighted by atomic mass is 79.9. The van der Waals surface area contributed by atoms with E-state index in [0.717, 1.165) is 18.4 Å². The third-order valence-electron chi connectivity index (χ3n) is 3.06. The molecular weight excluding hydrogens is 258 g/mol. The van der Waals surface area contributed by atoms with E-state index < -0.39 is 0 Å². The Morgan fingerprint density at radius 3 is 2.93 bits per heavy atom. The average molecular weight is 274 g/mol. The molecule has 1 aliphatic rings. The SMILES string of the molecule is CCNCC1CCC1c1sccc1Br. The summed E-state index contributed by atoms with van der Waals surface area (Å²) in [5.41, 5.74) is 0. The Morgan fingerprint density at radius 2 is 2.43 bits per heavy atom. The van der Waals surface area contributed by atoms with Crippen LogP contribution in [-0.4, -0.2) is 13.1 Å². The molecular formula is C11H16BrNS. The first-order valence-electron chi connectivity index (χ1n) is 5.26. The van der Waals surface area contributed by atoms with Crippen LogP contribution in [0.15, 0.2) is 15.9 Å². The molecule has 3 heteroatoms. The van der Waals surface area contributed by atoms with Crippen molar-refractivity contribution in [3.63, 3.8) is 0 Å². The van der Waals surface area contributed by atoms with Crippen LogP contribution < -0.4 is 5.32 Å². The van der Waals surface area contributed by atoms with Gasteiger partial charge in [0.2, 0.25) is 0 Å². The highest BCUT2D eigenvalue weighted by molar-refractivity contribution is 9.10. The van der Waals surface area contributed by atoms with E-state index in [9.17, 15) is 0 Å². The number of nitrogens with one attached hydrogen (secondary N) is 1. The molecule has 0 aromatic carbocycles. The smallest absolute Gasteiger partial charge is 0.0317 e. The van der Waals surface area contributed by atoms with Gasteiger partial charge in [-0.3, -0.25) is 0 Å². The fraction of sp³-hybridized carbons (Fsp3) is 0.636. The van der Waals surface area contributed by atoms with Gasteiger partial charge in [0.1, 0.15) is 0 Å². The number of hydrogen-bond acceptors (Lipinski definition) is 2. The van der Waals surface area contributed by atoms with Gasteiger partial charge in [-0.15, -0.1) is 11.3 Å². The minimum Gasteiger partial charge on any atom is -0.317 e. The maximum atomic E-state index is 3.63. The summed E-state index contributed by atoms with van der Waals surface area (Å²) in [6.45, 7) is 4.45. The molecule has 14 heavy (non-hydrogen) atoms. The van der Waals surface area contributed by atoms with Gasteiger partial charge in [-0.05, 0) is 65.1 Å². The van der Waals surface area contributed by atoms with Crippen molar-refractivity contribution in [2.24, 2.45) is 5.92 Å². The van der Waals surface area contributed by atoms with Crippen LogP contribution in [0.25, 0.3) is 0 Å². The molecule has 1 nitrogen and oxygen atoms in total. The summed E-state index contributed by atoms with van der Waals surface area (Å²) in [4.78, 5) is 1.55. The first-order valence-corrected chi connectivity index (χ1v) is 6.93. The molecule has 0 radical (unpaired) electrons. The second kappa shape index (κ2) is 4.77. The lowest BCUT2D eigenvalue weighted by Gasteiger charge is -2.36. The summed E-state index contributed by atoms with van der Waals surface area (Å²) in [6, 6.07) is 2.17. The Bertz CT molecular complexity index is 297. The van der Waals surface area contributed by atoms with Crippen LogP contribution in [0.4, 0.5) is 0 Å². The van der Waals surface area contributed by atoms with Crippen LogP contribution in [0.2, 0.25) is 0 Å². The van der Waals surface area contributed by atoms with Gasteiger partial charge < -0.3 is 5.32 Å². The minimum absolute atomic E-state index is 0.809. The van der Waals surface area contributed by atoms with Crippen molar-refractivity contribution in [2.45, 2.75) is 25.7 Å². The van der Waals surface area contributed by atoms with E-state index in [1.165, 1.54) is 23.9 Å². The molecule has 2 atom stereocenters. The van der Waals surface area contributed by atoms with Crippen LogP contribution in [0, 0.1) is 5.92 Å². The third-order valence-corrected chi connectivity index (χ3v) is 5.06.